The molecule has 1 aromatic rings. The summed E-state index contributed by atoms with van der Waals surface area (Å²) in [7, 11) is 0. The number of terminal acetylenes is 1. The van der Waals surface area contributed by atoms with Crippen molar-refractivity contribution in [3.8, 4) is 18.1 Å². The van der Waals surface area contributed by atoms with Gasteiger partial charge >= 0.3 is 0 Å². The van der Waals surface area contributed by atoms with Crippen LogP contribution in [0.2, 0.25) is 0 Å². The Morgan fingerprint density at radius 3 is 1.80 bits per heavy atom. The first-order chi connectivity index (χ1) is 8.98. The molecule has 2 heteroatoms. The number of phenolic OH excluding ortho intramolecular Hbond substituents is 1. The van der Waals surface area contributed by atoms with E-state index in [1.54, 1.807) is 12.1 Å². The van der Waals surface area contributed by atoms with E-state index in [1.807, 2.05) is 41.5 Å². The number of rotatable bonds is 2. The van der Waals surface area contributed by atoms with Crippen LogP contribution in [0.3, 0.4) is 0 Å². The molecule has 2 nitrogen and oxygen atoms in total. The Morgan fingerprint density at radius 2 is 1.50 bits per heavy atom. The molecule has 0 aliphatic heterocycles. The van der Waals surface area contributed by atoms with E-state index in [1.165, 1.54) is 0 Å². The molecule has 0 spiro atoms. The highest BCUT2D eigenvalue weighted by Crippen LogP contribution is 2.39. The molecule has 0 amide bonds. The third-order valence-electron chi connectivity index (χ3n) is 3.31. The van der Waals surface area contributed by atoms with Crippen LogP contribution in [-0.4, -0.2) is 10.9 Å². The van der Waals surface area contributed by atoms with Gasteiger partial charge in [-0.3, -0.25) is 4.79 Å². The molecule has 108 valence electrons. The van der Waals surface area contributed by atoms with Gasteiger partial charge in [0.2, 0.25) is 0 Å². The fourth-order valence-corrected chi connectivity index (χ4v) is 2.13. The maximum Gasteiger partial charge on any atom is 0.174 e. The van der Waals surface area contributed by atoms with Crippen molar-refractivity contribution >= 4 is 5.78 Å². The lowest BCUT2D eigenvalue weighted by molar-refractivity contribution is 0.0998. The second kappa shape index (κ2) is 5.32. The molecule has 0 heterocycles. The number of phenols is 1. The minimum atomic E-state index is -0.240. The molecule has 1 aromatic carbocycles. The van der Waals surface area contributed by atoms with Gasteiger partial charge in [0.25, 0.3) is 0 Å². The molecule has 0 unspecified atom stereocenters. The van der Waals surface area contributed by atoms with Crippen LogP contribution in [0.4, 0.5) is 0 Å². The summed E-state index contributed by atoms with van der Waals surface area (Å²) < 4.78 is 0. The fraction of sp³-hybridized carbons (Fsp3) is 0.500. The summed E-state index contributed by atoms with van der Waals surface area (Å²) in [6.45, 7) is 12.1. The lowest BCUT2D eigenvalue weighted by Gasteiger charge is -2.28. The number of carbonyl (C=O) groups is 1. The van der Waals surface area contributed by atoms with Gasteiger partial charge in [-0.1, -0.05) is 47.5 Å². The Kier molecular flexibility index (Phi) is 4.34. The number of ketones is 1. The molecule has 0 saturated carbocycles. The average molecular weight is 272 g/mol. The van der Waals surface area contributed by atoms with Crippen LogP contribution in [0.15, 0.2) is 12.1 Å². The van der Waals surface area contributed by atoms with Crippen LogP contribution in [0.25, 0.3) is 0 Å². The minimum absolute atomic E-state index is 0.0801. The van der Waals surface area contributed by atoms with Gasteiger partial charge < -0.3 is 5.11 Å². The van der Waals surface area contributed by atoms with Crippen LogP contribution in [0.1, 0.15) is 69.4 Å². The monoisotopic (exact) mass is 272 g/mol. The van der Waals surface area contributed by atoms with E-state index in [-0.39, 0.29) is 28.8 Å². The molecular weight excluding hydrogens is 248 g/mol. The van der Waals surface area contributed by atoms with E-state index in [2.05, 4.69) is 5.92 Å². The van der Waals surface area contributed by atoms with Crippen molar-refractivity contribution in [1.82, 2.24) is 0 Å². The molecule has 0 aliphatic carbocycles. The molecule has 20 heavy (non-hydrogen) atoms. The summed E-state index contributed by atoms with van der Waals surface area (Å²) in [6.07, 6.45) is 5.31. The molecule has 0 saturated heterocycles. The normalized spacial score (nSPS) is 12.1. The number of hydrogen-bond donors (Lipinski definition) is 1. The second-order valence-corrected chi connectivity index (χ2v) is 7.22. The molecular formula is C18H24O2. The maximum atomic E-state index is 12.1. The Morgan fingerprint density at radius 1 is 1.10 bits per heavy atom. The van der Waals surface area contributed by atoms with Gasteiger partial charge in [0.05, 0.1) is 6.42 Å². The molecule has 0 fully saturated rings. The Hall–Kier alpha value is -1.75. The zero-order valence-corrected chi connectivity index (χ0v) is 13.3. The van der Waals surface area contributed by atoms with Gasteiger partial charge in [-0.25, -0.2) is 0 Å². The van der Waals surface area contributed by atoms with Gasteiger partial charge in [0, 0.05) is 16.7 Å². The summed E-state index contributed by atoms with van der Waals surface area (Å²) in [5, 5.41) is 10.5. The van der Waals surface area contributed by atoms with Crippen LogP contribution < -0.4 is 0 Å². The highest BCUT2D eigenvalue weighted by atomic mass is 16.3. The average Bonchev–Trinajstić information content (AvgIpc) is 2.26. The van der Waals surface area contributed by atoms with E-state index < -0.39 is 0 Å². The maximum absolute atomic E-state index is 12.1. The number of aromatic hydroxyl groups is 1. The number of Topliss-reactive ketones (excluding diaryl/α,β-unsaturated/α-hetero) is 1. The third-order valence-corrected chi connectivity index (χ3v) is 3.31. The van der Waals surface area contributed by atoms with Crippen molar-refractivity contribution in [3.63, 3.8) is 0 Å². The largest absolute Gasteiger partial charge is 0.507 e. The zero-order chi connectivity index (χ0) is 15.7. The molecule has 0 radical (unpaired) electrons. The highest BCUT2D eigenvalue weighted by Gasteiger charge is 2.27. The van der Waals surface area contributed by atoms with Crippen molar-refractivity contribution in [1.29, 1.82) is 0 Å². The van der Waals surface area contributed by atoms with Crippen molar-refractivity contribution in [2.45, 2.75) is 58.8 Å². The van der Waals surface area contributed by atoms with Crippen molar-refractivity contribution in [3.05, 3.63) is 28.8 Å². The minimum Gasteiger partial charge on any atom is -0.507 e. The van der Waals surface area contributed by atoms with Crippen LogP contribution in [-0.2, 0) is 10.8 Å². The smallest absolute Gasteiger partial charge is 0.174 e. The van der Waals surface area contributed by atoms with E-state index in [0.717, 1.165) is 11.1 Å². The standard InChI is InChI=1S/C18H24O2/c1-8-9-15(19)12-10-13(17(2,3)4)16(20)14(11-12)18(5,6)7/h1,10-11,20H,9H2,2-7H3. The molecule has 1 N–H and O–H groups in total. The van der Waals surface area contributed by atoms with Gasteiger partial charge in [-0.2, -0.15) is 0 Å². The van der Waals surface area contributed by atoms with E-state index in [0.29, 0.717) is 5.56 Å². The molecule has 1 rings (SSSR count). The summed E-state index contributed by atoms with van der Waals surface area (Å²) in [5.74, 6) is 2.58. The summed E-state index contributed by atoms with van der Waals surface area (Å²) in [5.41, 5.74) is 1.67. The van der Waals surface area contributed by atoms with Crippen LogP contribution >= 0.6 is 0 Å². The quantitative estimate of drug-likeness (QED) is 0.647. The number of carbonyl (C=O) groups excluding carboxylic acids is 1. The first-order valence-corrected chi connectivity index (χ1v) is 6.83. The lowest BCUT2D eigenvalue weighted by Crippen LogP contribution is -2.18. The Labute approximate surface area is 122 Å². The third kappa shape index (κ3) is 3.42. The van der Waals surface area contributed by atoms with E-state index in [4.69, 9.17) is 6.42 Å². The van der Waals surface area contributed by atoms with Crippen LogP contribution in [0.5, 0.6) is 5.75 Å². The van der Waals surface area contributed by atoms with Crippen molar-refractivity contribution in [2.24, 2.45) is 0 Å². The summed E-state index contributed by atoms with van der Waals surface area (Å²) in [4.78, 5) is 12.1. The summed E-state index contributed by atoms with van der Waals surface area (Å²) >= 11 is 0. The van der Waals surface area contributed by atoms with Gasteiger partial charge in [0.1, 0.15) is 5.75 Å². The van der Waals surface area contributed by atoms with Crippen molar-refractivity contribution < 1.29 is 9.90 Å². The molecule has 0 aromatic heterocycles. The molecule has 0 aliphatic rings. The van der Waals surface area contributed by atoms with Gasteiger partial charge in [0.15, 0.2) is 5.78 Å². The second-order valence-electron chi connectivity index (χ2n) is 7.22. The number of hydrogen-bond acceptors (Lipinski definition) is 2. The predicted octanol–water partition coefficient (Wildman–Crippen LogP) is 4.19. The Balaban J connectivity index is 3.60. The highest BCUT2D eigenvalue weighted by molar-refractivity contribution is 5.98. The van der Waals surface area contributed by atoms with E-state index >= 15 is 0 Å². The molecule has 0 atom stereocenters. The van der Waals surface area contributed by atoms with Crippen molar-refractivity contribution in [2.75, 3.05) is 0 Å². The van der Waals surface area contributed by atoms with Crippen LogP contribution in [0, 0.1) is 12.3 Å². The SMILES string of the molecule is C#CCC(=O)c1cc(C(C)(C)C)c(O)c(C(C)(C)C)c1. The topological polar surface area (TPSA) is 37.3 Å². The Bertz CT molecular complexity index is 526. The van der Waals surface area contributed by atoms with Gasteiger partial charge in [-0.15, -0.1) is 6.42 Å². The lowest BCUT2D eigenvalue weighted by atomic mass is 9.78. The molecule has 0 bridgehead atoms. The van der Waals surface area contributed by atoms with Gasteiger partial charge in [-0.05, 0) is 23.0 Å². The predicted molar refractivity (Wildman–Crippen MR) is 83.3 cm³/mol. The van der Waals surface area contributed by atoms with E-state index in [9.17, 15) is 9.90 Å². The number of benzene rings is 1. The first-order valence-electron chi connectivity index (χ1n) is 6.83. The zero-order valence-electron chi connectivity index (χ0n) is 13.3. The fourth-order valence-electron chi connectivity index (χ4n) is 2.13. The summed E-state index contributed by atoms with van der Waals surface area (Å²) in [6, 6.07) is 3.54. The first kappa shape index (κ1) is 16.3.